The number of nitrogens with one attached hydrogen (secondary N) is 2. The highest BCUT2D eigenvalue weighted by Gasteiger charge is 2.18. The lowest BCUT2D eigenvalue weighted by atomic mass is 10.1. The molecule has 0 atom stereocenters. The van der Waals surface area contributed by atoms with Crippen molar-refractivity contribution in [3.05, 3.63) is 65.2 Å². The summed E-state index contributed by atoms with van der Waals surface area (Å²) in [6.07, 6.45) is 0. The molecule has 0 aliphatic carbocycles. The monoisotopic (exact) mass is 366 g/mol. The Morgan fingerprint density at radius 3 is 2.33 bits per heavy atom. The number of anilines is 1. The van der Waals surface area contributed by atoms with Crippen LogP contribution in [-0.4, -0.2) is 36.4 Å². The molecule has 0 aromatic heterocycles. The number of esters is 1. The van der Waals surface area contributed by atoms with Gasteiger partial charge in [0, 0.05) is 16.8 Å². The number of carbonyl (C=O) groups is 2. The highest BCUT2D eigenvalue weighted by Crippen LogP contribution is 2.11. The molecule has 6 nitrogen and oxygen atoms in total. The van der Waals surface area contributed by atoms with E-state index < -0.39 is 17.5 Å². The van der Waals surface area contributed by atoms with E-state index >= 15 is 0 Å². The van der Waals surface area contributed by atoms with Crippen LogP contribution < -0.4 is 10.6 Å². The molecule has 2 aromatic rings. The van der Waals surface area contributed by atoms with Gasteiger partial charge in [-0.15, -0.1) is 0 Å². The number of benzene rings is 2. The normalized spacial score (nSPS) is 10.4. The van der Waals surface area contributed by atoms with E-state index in [0.717, 1.165) is 0 Å². The van der Waals surface area contributed by atoms with Gasteiger partial charge < -0.3 is 20.5 Å². The third kappa shape index (κ3) is 6.17. The van der Waals surface area contributed by atoms with Crippen LogP contribution in [0, 0.1) is 11.8 Å². The van der Waals surface area contributed by atoms with Crippen LogP contribution in [-0.2, 0) is 4.74 Å². The first-order valence-electron chi connectivity index (χ1n) is 8.33. The van der Waals surface area contributed by atoms with Crippen molar-refractivity contribution in [3.8, 4) is 11.8 Å². The largest absolute Gasteiger partial charge is 0.465 e. The molecule has 6 heteroatoms. The Kier molecular flexibility index (Phi) is 6.58. The first-order chi connectivity index (χ1) is 12.8. The van der Waals surface area contributed by atoms with Crippen molar-refractivity contribution < 1.29 is 19.4 Å². The molecule has 0 aliphatic rings. The van der Waals surface area contributed by atoms with Gasteiger partial charge in [-0.2, -0.15) is 0 Å². The number of rotatable bonds is 4. The molecule has 27 heavy (non-hydrogen) atoms. The summed E-state index contributed by atoms with van der Waals surface area (Å²) in [7, 11) is 1.33. The summed E-state index contributed by atoms with van der Waals surface area (Å²) in [6, 6.07) is 13.5. The molecule has 2 amide bonds. The third-order valence-electron chi connectivity index (χ3n) is 3.60. The van der Waals surface area contributed by atoms with Crippen molar-refractivity contribution >= 4 is 17.7 Å². The topological polar surface area (TPSA) is 87.7 Å². The number of amides is 2. The second-order valence-corrected chi connectivity index (χ2v) is 6.52. The van der Waals surface area contributed by atoms with Crippen LogP contribution in [0.5, 0.6) is 0 Å². The zero-order valence-electron chi connectivity index (χ0n) is 15.5. The summed E-state index contributed by atoms with van der Waals surface area (Å²) in [5, 5.41) is 14.6. The Balaban J connectivity index is 2.12. The first kappa shape index (κ1) is 20.0. The number of carbonyl (C=O) groups excluding carboxylic acids is 2. The number of aliphatic hydroxyl groups excluding tert-OH is 1. The zero-order valence-corrected chi connectivity index (χ0v) is 15.5. The van der Waals surface area contributed by atoms with Crippen LogP contribution >= 0.6 is 0 Å². The molecule has 2 rings (SSSR count). The maximum atomic E-state index is 12.0. The van der Waals surface area contributed by atoms with E-state index in [1.165, 1.54) is 7.11 Å². The van der Waals surface area contributed by atoms with Crippen LogP contribution in [0.3, 0.4) is 0 Å². The minimum atomic E-state index is -0.716. The van der Waals surface area contributed by atoms with Crippen molar-refractivity contribution in [2.75, 3.05) is 19.0 Å². The fourth-order valence-corrected chi connectivity index (χ4v) is 2.17. The van der Waals surface area contributed by atoms with Gasteiger partial charge in [0.2, 0.25) is 0 Å². The Hall–Kier alpha value is -3.30. The molecule has 0 bridgehead atoms. The van der Waals surface area contributed by atoms with Crippen LogP contribution in [0.15, 0.2) is 48.5 Å². The van der Waals surface area contributed by atoms with E-state index in [1.54, 1.807) is 56.3 Å². The van der Waals surface area contributed by atoms with Gasteiger partial charge in [-0.1, -0.05) is 24.0 Å². The van der Waals surface area contributed by atoms with E-state index in [2.05, 4.69) is 22.5 Å². The number of urea groups is 1. The lowest BCUT2D eigenvalue weighted by molar-refractivity contribution is 0.0600. The minimum absolute atomic E-state index is 0.170. The second-order valence-electron chi connectivity index (χ2n) is 6.52. The number of hydrogen-bond acceptors (Lipinski definition) is 4. The van der Waals surface area contributed by atoms with E-state index in [9.17, 15) is 14.7 Å². The summed E-state index contributed by atoms with van der Waals surface area (Å²) >= 11 is 0. The fourth-order valence-electron chi connectivity index (χ4n) is 2.17. The molecular weight excluding hydrogens is 344 g/mol. The molecule has 140 valence electrons. The van der Waals surface area contributed by atoms with E-state index in [4.69, 9.17) is 4.74 Å². The Morgan fingerprint density at radius 2 is 1.70 bits per heavy atom. The van der Waals surface area contributed by atoms with Crippen molar-refractivity contribution in [2.45, 2.75) is 19.4 Å². The van der Waals surface area contributed by atoms with Crippen molar-refractivity contribution in [2.24, 2.45) is 0 Å². The average molecular weight is 366 g/mol. The Bertz CT molecular complexity index is 894. The van der Waals surface area contributed by atoms with Gasteiger partial charge in [-0.05, 0) is 50.2 Å². The predicted octanol–water partition coefficient (Wildman–Crippen LogP) is 2.77. The summed E-state index contributed by atoms with van der Waals surface area (Å²) < 4.78 is 4.70. The molecule has 0 radical (unpaired) electrons. The first-order valence-corrected chi connectivity index (χ1v) is 8.33. The lowest BCUT2D eigenvalue weighted by Crippen LogP contribution is -2.48. The quantitative estimate of drug-likeness (QED) is 0.574. The van der Waals surface area contributed by atoms with Crippen molar-refractivity contribution in [1.29, 1.82) is 0 Å². The Labute approximate surface area is 158 Å². The summed E-state index contributed by atoms with van der Waals surface area (Å²) in [5.74, 6) is 5.58. The van der Waals surface area contributed by atoms with E-state index in [0.29, 0.717) is 22.4 Å². The molecule has 0 heterocycles. The smallest absolute Gasteiger partial charge is 0.337 e. The van der Waals surface area contributed by atoms with Crippen LogP contribution in [0.4, 0.5) is 10.5 Å². The standard InChI is InChI=1S/C21H22N2O4/c1-21(2,14-24)23-20(26)22-18-9-5-7-16(13-18)11-10-15-6-4-8-17(12-15)19(25)27-3/h4-9,12-13,24H,14H2,1-3H3,(H2,22,23,26). The molecule has 3 N–H and O–H groups in total. The fraction of sp³-hybridized carbons (Fsp3) is 0.238. The molecule has 0 fully saturated rings. The number of aliphatic hydroxyl groups is 1. The van der Waals surface area contributed by atoms with E-state index in [-0.39, 0.29) is 6.61 Å². The van der Waals surface area contributed by atoms with Crippen molar-refractivity contribution in [3.63, 3.8) is 0 Å². The SMILES string of the molecule is COC(=O)c1cccc(C#Cc2cccc(NC(=O)NC(C)(C)CO)c2)c1. The van der Waals surface area contributed by atoms with Crippen LogP contribution in [0.2, 0.25) is 0 Å². The highest BCUT2D eigenvalue weighted by atomic mass is 16.5. The second kappa shape index (κ2) is 8.88. The third-order valence-corrected chi connectivity index (χ3v) is 3.60. The molecule has 0 saturated carbocycles. The van der Waals surface area contributed by atoms with Gasteiger partial charge in [0.1, 0.15) is 0 Å². The Morgan fingerprint density at radius 1 is 1.07 bits per heavy atom. The zero-order chi connectivity index (χ0) is 19.9. The molecular formula is C21H22N2O4. The van der Waals surface area contributed by atoms with Gasteiger partial charge in [-0.3, -0.25) is 0 Å². The average Bonchev–Trinajstić information content (AvgIpc) is 2.65. The van der Waals surface area contributed by atoms with Crippen molar-refractivity contribution in [1.82, 2.24) is 5.32 Å². The van der Waals surface area contributed by atoms with Crippen LogP contribution in [0.25, 0.3) is 0 Å². The molecule has 0 saturated heterocycles. The molecule has 2 aromatic carbocycles. The van der Waals surface area contributed by atoms with E-state index in [1.807, 2.05) is 6.07 Å². The van der Waals surface area contributed by atoms with Gasteiger partial charge in [-0.25, -0.2) is 9.59 Å². The number of ether oxygens (including phenoxy) is 1. The molecule has 0 spiro atoms. The van der Waals surface area contributed by atoms with Gasteiger partial charge in [0.05, 0.1) is 24.8 Å². The highest BCUT2D eigenvalue weighted by molar-refractivity contribution is 5.90. The maximum Gasteiger partial charge on any atom is 0.337 e. The number of hydrogen-bond donors (Lipinski definition) is 3. The van der Waals surface area contributed by atoms with Gasteiger partial charge in [0.15, 0.2) is 0 Å². The minimum Gasteiger partial charge on any atom is -0.465 e. The molecule has 0 unspecified atom stereocenters. The predicted molar refractivity (Wildman–Crippen MR) is 104 cm³/mol. The van der Waals surface area contributed by atoms with Crippen LogP contribution in [0.1, 0.15) is 35.3 Å². The van der Waals surface area contributed by atoms with Gasteiger partial charge in [0.25, 0.3) is 0 Å². The summed E-state index contributed by atoms with van der Waals surface area (Å²) in [5.41, 5.74) is 1.68. The van der Waals surface area contributed by atoms with Gasteiger partial charge >= 0.3 is 12.0 Å². The number of methoxy groups -OCH3 is 1. The maximum absolute atomic E-state index is 12.0. The molecule has 0 aliphatic heterocycles. The summed E-state index contributed by atoms with van der Waals surface area (Å²) in [4.78, 5) is 23.6. The lowest BCUT2D eigenvalue weighted by Gasteiger charge is -2.23. The summed E-state index contributed by atoms with van der Waals surface area (Å²) in [6.45, 7) is 3.27.